The summed E-state index contributed by atoms with van der Waals surface area (Å²) >= 11 is 1.59. The van der Waals surface area contributed by atoms with Crippen LogP contribution in [0.2, 0.25) is 0 Å². The van der Waals surface area contributed by atoms with E-state index in [1.807, 2.05) is 20.8 Å². The van der Waals surface area contributed by atoms with Gasteiger partial charge in [-0.1, -0.05) is 0 Å². The van der Waals surface area contributed by atoms with Crippen LogP contribution in [-0.2, 0) is 4.74 Å². The summed E-state index contributed by atoms with van der Waals surface area (Å²) in [5.74, 6) is 1.01. The van der Waals surface area contributed by atoms with Gasteiger partial charge in [-0.2, -0.15) is 0 Å². The van der Waals surface area contributed by atoms with Gasteiger partial charge in [0.1, 0.15) is 5.60 Å². The van der Waals surface area contributed by atoms with Crippen LogP contribution in [0.5, 0.6) is 5.88 Å². The van der Waals surface area contributed by atoms with E-state index in [1.54, 1.807) is 28.8 Å². The Morgan fingerprint density at radius 3 is 3.05 bits per heavy atom. The molecule has 0 bridgehead atoms. The highest BCUT2D eigenvalue weighted by atomic mass is 32.1. The SMILES string of the molecule is CN(CC1CCOc2ncsc21)C(=O)OC(C)(C)C. The molecule has 0 aromatic carbocycles. The van der Waals surface area contributed by atoms with Crippen molar-refractivity contribution in [1.82, 2.24) is 9.88 Å². The Hall–Kier alpha value is -1.30. The Labute approximate surface area is 117 Å². The summed E-state index contributed by atoms with van der Waals surface area (Å²) in [5.41, 5.74) is 1.33. The van der Waals surface area contributed by atoms with Crippen LogP contribution in [0.4, 0.5) is 4.79 Å². The van der Waals surface area contributed by atoms with Crippen molar-refractivity contribution in [3.8, 4) is 5.88 Å². The smallest absolute Gasteiger partial charge is 0.410 e. The molecule has 1 aliphatic rings. The van der Waals surface area contributed by atoms with Gasteiger partial charge >= 0.3 is 6.09 Å². The number of hydrogen-bond donors (Lipinski definition) is 0. The molecule has 106 valence electrons. The third-order valence-corrected chi connectivity index (χ3v) is 3.81. The third kappa shape index (κ3) is 3.59. The Balaban J connectivity index is 1.97. The van der Waals surface area contributed by atoms with Crippen LogP contribution < -0.4 is 4.74 Å². The van der Waals surface area contributed by atoms with E-state index in [0.29, 0.717) is 13.2 Å². The lowest BCUT2D eigenvalue weighted by atomic mass is 10.0. The standard InChI is InChI=1S/C13H20N2O3S/c1-13(2,3)18-12(16)15(4)7-9-5-6-17-11-10(9)19-8-14-11/h8-9H,5-7H2,1-4H3. The van der Waals surface area contributed by atoms with Gasteiger partial charge in [0.25, 0.3) is 0 Å². The number of rotatable bonds is 2. The molecule has 0 fully saturated rings. The molecule has 2 heterocycles. The zero-order valence-electron chi connectivity index (χ0n) is 11.8. The van der Waals surface area contributed by atoms with Crippen LogP contribution in [0.1, 0.15) is 38.0 Å². The first-order chi connectivity index (χ1) is 8.87. The van der Waals surface area contributed by atoms with Crippen molar-refractivity contribution in [1.29, 1.82) is 0 Å². The normalized spacial score (nSPS) is 18.4. The molecule has 1 atom stereocenters. The quantitative estimate of drug-likeness (QED) is 0.838. The largest absolute Gasteiger partial charge is 0.477 e. The summed E-state index contributed by atoms with van der Waals surface area (Å²) < 4.78 is 10.8. The second-order valence-corrected chi connectivity index (χ2v) is 6.60. The van der Waals surface area contributed by atoms with Gasteiger partial charge < -0.3 is 14.4 Å². The van der Waals surface area contributed by atoms with Gasteiger partial charge in [0.05, 0.1) is 17.0 Å². The van der Waals surface area contributed by atoms with E-state index < -0.39 is 5.60 Å². The van der Waals surface area contributed by atoms with E-state index in [2.05, 4.69) is 4.98 Å². The first-order valence-electron chi connectivity index (χ1n) is 6.37. The zero-order chi connectivity index (χ0) is 14.0. The summed E-state index contributed by atoms with van der Waals surface area (Å²) in [4.78, 5) is 18.9. The van der Waals surface area contributed by atoms with Gasteiger partial charge in [-0.15, -0.1) is 11.3 Å². The molecule has 0 spiro atoms. The van der Waals surface area contributed by atoms with Crippen molar-refractivity contribution in [3.63, 3.8) is 0 Å². The van der Waals surface area contributed by atoms with Gasteiger partial charge in [-0.25, -0.2) is 9.78 Å². The van der Waals surface area contributed by atoms with E-state index in [9.17, 15) is 4.79 Å². The maximum atomic E-state index is 11.9. The summed E-state index contributed by atoms with van der Waals surface area (Å²) in [7, 11) is 1.77. The Bertz CT molecular complexity index is 453. The van der Waals surface area contributed by atoms with Crippen molar-refractivity contribution < 1.29 is 14.3 Å². The van der Waals surface area contributed by atoms with E-state index in [1.165, 1.54) is 0 Å². The molecular formula is C13H20N2O3S. The van der Waals surface area contributed by atoms with Crippen LogP contribution >= 0.6 is 11.3 Å². The third-order valence-electron chi connectivity index (χ3n) is 2.84. The first kappa shape index (κ1) is 14.1. The predicted molar refractivity (Wildman–Crippen MR) is 73.8 cm³/mol. The number of amides is 1. The van der Waals surface area contributed by atoms with E-state index in [-0.39, 0.29) is 12.0 Å². The van der Waals surface area contributed by atoms with Crippen molar-refractivity contribution in [2.24, 2.45) is 0 Å². The Morgan fingerprint density at radius 2 is 2.37 bits per heavy atom. The number of aromatic nitrogens is 1. The van der Waals surface area contributed by atoms with Gasteiger partial charge in [0.2, 0.25) is 5.88 Å². The molecule has 0 aliphatic carbocycles. The van der Waals surface area contributed by atoms with E-state index in [4.69, 9.17) is 9.47 Å². The lowest BCUT2D eigenvalue weighted by Crippen LogP contribution is -2.37. The maximum absolute atomic E-state index is 11.9. The second-order valence-electron chi connectivity index (χ2n) is 5.72. The molecule has 19 heavy (non-hydrogen) atoms. The topological polar surface area (TPSA) is 51.7 Å². The lowest BCUT2D eigenvalue weighted by Gasteiger charge is -2.29. The number of nitrogens with zero attached hydrogens (tertiary/aromatic N) is 2. The summed E-state index contributed by atoms with van der Waals surface area (Å²) in [6, 6.07) is 0. The molecule has 1 aromatic rings. The maximum Gasteiger partial charge on any atom is 0.410 e. The molecular weight excluding hydrogens is 264 g/mol. The Morgan fingerprint density at radius 1 is 1.63 bits per heavy atom. The minimum atomic E-state index is -0.462. The number of carbonyl (C=O) groups excluding carboxylic acids is 1. The molecule has 0 saturated carbocycles. The van der Waals surface area contributed by atoms with Gasteiger partial charge in [0, 0.05) is 19.5 Å². The first-order valence-corrected chi connectivity index (χ1v) is 7.25. The van der Waals surface area contributed by atoms with E-state index in [0.717, 1.165) is 17.2 Å². The molecule has 1 aromatic heterocycles. The highest BCUT2D eigenvalue weighted by molar-refractivity contribution is 7.10. The fourth-order valence-corrected chi connectivity index (χ4v) is 2.83. The average Bonchev–Trinajstić information content (AvgIpc) is 2.75. The van der Waals surface area contributed by atoms with Gasteiger partial charge in [-0.3, -0.25) is 0 Å². The van der Waals surface area contributed by atoms with Gasteiger partial charge in [0.15, 0.2) is 0 Å². The minimum absolute atomic E-state index is 0.286. The zero-order valence-corrected chi connectivity index (χ0v) is 12.6. The molecule has 1 aliphatic heterocycles. The fourth-order valence-electron chi connectivity index (χ4n) is 1.97. The summed E-state index contributed by atoms with van der Waals surface area (Å²) in [6.45, 7) is 6.90. The molecule has 0 saturated heterocycles. The van der Waals surface area contributed by atoms with Crippen LogP contribution in [0.3, 0.4) is 0 Å². The van der Waals surface area contributed by atoms with Crippen molar-refractivity contribution in [2.45, 2.75) is 38.7 Å². The molecule has 6 heteroatoms. The number of carbonyl (C=O) groups is 1. The Kier molecular flexibility index (Phi) is 3.99. The molecule has 0 radical (unpaired) electrons. The number of ether oxygens (including phenoxy) is 2. The van der Waals surface area contributed by atoms with Crippen LogP contribution in [-0.4, -0.2) is 41.8 Å². The lowest BCUT2D eigenvalue weighted by molar-refractivity contribution is 0.0281. The average molecular weight is 284 g/mol. The molecule has 1 unspecified atom stereocenters. The monoisotopic (exact) mass is 284 g/mol. The minimum Gasteiger partial charge on any atom is -0.477 e. The number of likely N-dealkylation sites (N-methyl/N-ethyl adjacent to an activating group) is 1. The second kappa shape index (κ2) is 5.36. The number of fused-ring (bicyclic) bond motifs is 1. The van der Waals surface area contributed by atoms with Crippen molar-refractivity contribution in [2.75, 3.05) is 20.2 Å². The van der Waals surface area contributed by atoms with E-state index >= 15 is 0 Å². The predicted octanol–water partition coefficient (Wildman–Crippen LogP) is 2.88. The van der Waals surface area contributed by atoms with Crippen molar-refractivity contribution in [3.05, 3.63) is 10.4 Å². The summed E-state index contributed by atoms with van der Waals surface area (Å²) in [6.07, 6.45) is 0.618. The van der Waals surface area contributed by atoms with Crippen LogP contribution in [0.15, 0.2) is 5.51 Å². The molecule has 2 rings (SSSR count). The fraction of sp³-hybridized carbons (Fsp3) is 0.692. The highest BCUT2D eigenvalue weighted by Gasteiger charge is 2.28. The molecule has 5 nitrogen and oxygen atoms in total. The summed E-state index contributed by atoms with van der Waals surface area (Å²) in [5, 5.41) is 0. The molecule has 1 amide bonds. The number of thiazole rings is 1. The molecule has 0 N–H and O–H groups in total. The highest BCUT2D eigenvalue weighted by Crippen LogP contribution is 2.36. The van der Waals surface area contributed by atoms with Crippen LogP contribution in [0.25, 0.3) is 0 Å². The number of hydrogen-bond acceptors (Lipinski definition) is 5. The van der Waals surface area contributed by atoms with Crippen LogP contribution in [0, 0.1) is 0 Å². The van der Waals surface area contributed by atoms with Crippen molar-refractivity contribution >= 4 is 17.4 Å². The van der Waals surface area contributed by atoms with Gasteiger partial charge in [-0.05, 0) is 27.2 Å².